The highest BCUT2D eigenvalue weighted by Crippen LogP contribution is 2.45. The minimum Gasteiger partial charge on any atom is -0.454 e. The van der Waals surface area contributed by atoms with Crippen LogP contribution in [0.5, 0.6) is 0 Å². The molecule has 1 heterocycles. The van der Waals surface area contributed by atoms with Crippen molar-refractivity contribution in [2.45, 2.75) is 20.0 Å². The normalized spacial score (nSPS) is 12.6. The molecule has 0 bridgehead atoms. The zero-order valence-corrected chi connectivity index (χ0v) is 17.2. The Labute approximate surface area is 173 Å². The second-order valence-electron chi connectivity index (χ2n) is 7.48. The van der Waals surface area contributed by atoms with Crippen molar-refractivity contribution in [1.29, 1.82) is 0 Å². The molecule has 5 rings (SSSR count). The number of rotatable bonds is 3. The van der Waals surface area contributed by atoms with Crippen molar-refractivity contribution in [2.75, 3.05) is 0 Å². The average molecular weight is 397 g/mol. The molecule has 0 fully saturated rings. The molecule has 0 unspecified atom stereocenters. The fraction of sp³-hybridized carbons (Fsp3) is 0.115. The number of carbonyl (C=O) groups is 1. The van der Waals surface area contributed by atoms with Gasteiger partial charge in [0.1, 0.15) is 6.10 Å². The van der Waals surface area contributed by atoms with Gasteiger partial charge in [-0.15, -0.1) is 11.3 Å². The van der Waals surface area contributed by atoms with E-state index in [1.54, 1.807) is 18.3 Å². The van der Waals surface area contributed by atoms with Gasteiger partial charge >= 0.3 is 5.97 Å². The van der Waals surface area contributed by atoms with Crippen LogP contribution in [-0.4, -0.2) is 5.97 Å². The van der Waals surface area contributed by atoms with Gasteiger partial charge in [0.25, 0.3) is 0 Å². The summed E-state index contributed by atoms with van der Waals surface area (Å²) < 4.78 is 8.13. The molecule has 0 aliphatic rings. The Kier molecular flexibility index (Phi) is 4.14. The lowest BCUT2D eigenvalue weighted by atomic mass is 9.96. The van der Waals surface area contributed by atoms with Crippen LogP contribution in [0.15, 0.2) is 78.9 Å². The third kappa shape index (κ3) is 2.81. The molecule has 0 spiro atoms. The zero-order chi connectivity index (χ0) is 20.1. The molecular weight excluding hydrogens is 376 g/mol. The van der Waals surface area contributed by atoms with Gasteiger partial charge in [-0.3, -0.25) is 0 Å². The summed E-state index contributed by atoms with van der Waals surface area (Å²) in [4.78, 5) is 12.2. The van der Waals surface area contributed by atoms with Gasteiger partial charge < -0.3 is 4.74 Å². The second-order valence-corrected chi connectivity index (χ2v) is 8.53. The monoisotopic (exact) mass is 396 g/mol. The van der Waals surface area contributed by atoms with Crippen LogP contribution in [0.2, 0.25) is 0 Å². The molecule has 0 radical (unpaired) electrons. The maximum atomic E-state index is 12.2. The summed E-state index contributed by atoms with van der Waals surface area (Å²) in [5.74, 6) is -0.356. The second kappa shape index (κ2) is 6.71. The molecule has 3 heteroatoms. The highest BCUT2D eigenvalue weighted by molar-refractivity contribution is 7.26. The first-order chi connectivity index (χ1) is 14.0. The van der Waals surface area contributed by atoms with E-state index in [1.165, 1.54) is 36.3 Å². The topological polar surface area (TPSA) is 26.3 Å². The molecule has 4 aromatic carbocycles. The molecule has 0 saturated heterocycles. The molecular formula is C26H20O2S. The van der Waals surface area contributed by atoms with Gasteiger partial charge in [0.15, 0.2) is 0 Å². The van der Waals surface area contributed by atoms with Gasteiger partial charge in [0, 0.05) is 31.3 Å². The SMILES string of the molecule is C=C(C)C(=O)O[C@@H](C)c1cc2ccccc2c2c1sc1ccc3ccccc3c12. The quantitative estimate of drug-likeness (QED) is 0.232. The first kappa shape index (κ1) is 17.9. The minimum atomic E-state index is -0.356. The molecule has 0 aliphatic carbocycles. The zero-order valence-electron chi connectivity index (χ0n) is 16.4. The number of esters is 1. The molecule has 1 aromatic heterocycles. The Balaban J connectivity index is 1.90. The number of ether oxygens (including phenoxy) is 1. The molecule has 29 heavy (non-hydrogen) atoms. The van der Waals surface area contributed by atoms with Crippen LogP contribution in [0.1, 0.15) is 25.5 Å². The van der Waals surface area contributed by atoms with Gasteiger partial charge in [0.2, 0.25) is 0 Å². The van der Waals surface area contributed by atoms with Gasteiger partial charge in [-0.1, -0.05) is 61.2 Å². The molecule has 0 amide bonds. The number of hydrogen-bond acceptors (Lipinski definition) is 3. The van der Waals surface area contributed by atoms with E-state index in [2.05, 4.69) is 73.3 Å². The smallest absolute Gasteiger partial charge is 0.333 e. The number of hydrogen-bond donors (Lipinski definition) is 0. The van der Waals surface area contributed by atoms with E-state index in [4.69, 9.17) is 4.74 Å². The third-order valence-electron chi connectivity index (χ3n) is 5.45. The molecule has 5 aromatic rings. The van der Waals surface area contributed by atoms with Crippen molar-refractivity contribution in [2.24, 2.45) is 0 Å². The van der Waals surface area contributed by atoms with E-state index in [1.807, 2.05) is 6.92 Å². The maximum Gasteiger partial charge on any atom is 0.333 e. The van der Waals surface area contributed by atoms with E-state index in [0.717, 1.165) is 10.9 Å². The van der Waals surface area contributed by atoms with Crippen molar-refractivity contribution < 1.29 is 9.53 Å². The Bertz CT molecular complexity index is 1440. The Morgan fingerprint density at radius 1 is 0.931 bits per heavy atom. The molecule has 1 atom stereocenters. The van der Waals surface area contributed by atoms with Crippen molar-refractivity contribution in [3.05, 3.63) is 84.4 Å². The molecule has 0 aliphatic heterocycles. The largest absolute Gasteiger partial charge is 0.454 e. The average Bonchev–Trinajstić information content (AvgIpc) is 3.13. The number of carbonyl (C=O) groups excluding carboxylic acids is 1. The van der Waals surface area contributed by atoms with Crippen LogP contribution >= 0.6 is 11.3 Å². The van der Waals surface area contributed by atoms with Crippen LogP contribution in [0, 0.1) is 0 Å². The van der Waals surface area contributed by atoms with Crippen molar-refractivity contribution >= 4 is 59.0 Å². The fourth-order valence-corrected chi connectivity index (χ4v) is 5.37. The lowest BCUT2D eigenvalue weighted by Gasteiger charge is -2.16. The van der Waals surface area contributed by atoms with Crippen LogP contribution in [-0.2, 0) is 9.53 Å². The number of fused-ring (bicyclic) bond motifs is 7. The van der Waals surface area contributed by atoms with E-state index in [0.29, 0.717) is 5.57 Å². The molecule has 142 valence electrons. The summed E-state index contributed by atoms with van der Waals surface area (Å²) in [6.07, 6.45) is -0.356. The fourth-order valence-electron chi connectivity index (χ4n) is 4.04. The van der Waals surface area contributed by atoms with Crippen molar-refractivity contribution in [3.8, 4) is 0 Å². The van der Waals surface area contributed by atoms with E-state index in [-0.39, 0.29) is 12.1 Å². The van der Waals surface area contributed by atoms with Crippen LogP contribution in [0.3, 0.4) is 0 Å². The Hall–Kier alpha value is -3.17. The number of thiophene rings is 1. The van der Waals surface area contributed by atoms with Gasteiger partial charge in [0.05, 0.1) is 0 Å². The van der Waals surface area contributed by atoms with Gasteiger partial charge in [-0.05, 0) is 47.5 Å². The van der Waals surface area contributed by atoms with Gasteiger partial charge in [-0.2, -0.15) is 0 Å². The predicted molar refractivity (Wildman–Crippen MR) is 124 cm³/mol. The molecule has 2 nitrogen and oxygen atoms in total. The van der Waals surface area contributed by atoms with E-state index >= 15 is 0 Å². The van der Waals surface area contributed by atoms with Crippen LogP contribution < -0.4 is 0 Å². The van der Waals surface area contributed by atoms with E-state index in [9.17, 15) is 4.79 Å². The highest BCUT2D eigenvalue weighted by atomic mass is 32.1. The van der Waals surface area contributed by atoms with Crippen molar-refractivity contribution in [1.82, 2.24) is 0 Å². The van der Waals surface area contributed by atoms with Gasteiger partial charge in [-0.25, -0.2) is 4.79 Å². The first-order valence-electron chi connectivity index (χ1n) is 9.66. The maximum absolute atomic E-state index is 12.2. The summed E-state index contributed by atoms with van der Waals surface area (Å²) in [5, 5.41) is 7.39. The van der Waals surface area contributed by atoms with Crippen LogP contribution in [0.25, 0.3) is 41.7 Å². The Morgan fingerprint density at radius 3 is 2.31 bits per heavy atom. The number of benzene rings is 4. The van der Waals surface area contributed by atoms with Crippen molar-refractivity contribution in [3.63, 3.8) is 0 Å². The Morgan fingerprint density at radius 2 is 1.59 bits per heavy atom. The molecule has 0 saturated carbocycles. The summed E-state index contributed by atoms with van der Waals surface area (Å²) in [6, 6.07) is 23.5. The highest BCUT2D eigenvalue weighted by Gasteiger charge is 2.20. The summed E-state index contributed by atoms with van der Waals surface area (Å²) >= 11 is 1.77. The predicted octanol–water partition coefficient (Wildman–Crippen LogP) is 7.54. The minimum absolute atomic E-state index is 0.356. The van der Waals surface area contributed by atoms with Crippen LogP contribution in [0.4, 0.5) is 0 Å². The lowest BCUT2D eigenvalue weighted by molar-refractivity contribution is -0.143. The standard InChI is InChI=1S/C26H20O2S/c1-15(2)26(27)28-16(3)21-14-18-9-5-7-11-20(18)24-23-19-10-6-4-8-17(19)12-13-22(23)29-25(21)24/h4-14,16H,1H2,2-3H3/t16-/m0/s1. The summed E-state index contributed by atoms with van der Waals surface area (Å²) in [7, 11) is 0. The first-order valence-corrected chi connectivity index (χ1v) is 10.5. The third-order valence-corrected chi connectivity index (χ3v) is 6.66. The lowest BCUT2D eigenvalue weighted by Crippen LogP contribution is -2.09. The summed E-state index contributed by atoms with van der Waals surface area (Å²) in [5.41, 5.74) is 1.45. The summed E-state index contributed by atoms with van der Waals surface area (Å²) in [6.45, 7) is 7.33. The molecule has 0 N–H and O–H groups in total. The van der Waals surface area contributed by atoms with E-state index < -0.39 is 0 Å².